The molecule has 1 atom stereocenters. The fraction of sp³-hybridized carbons (Fsp3) is 0.433. The molecule has 1 unspecified atom stereocenters. The maximum absolute atomic E-state index is 15.8. The van der Waals surface area contributed by atoms with Crippen LogP contribution in [0.2, 0.25) is 0 Å². The number of aromatic amines is 1. The first-order chi connectivity index (χ1) is 19.2. The van der Waals surface area contributed by atoms with Gasteiger partial charge in [0.05, 0.1) is 24.0 Å². The lowest BCUT2D eigenvalue weighted by Gasteiger charge is -2.42. The normalized spacial score (nSPS) is 18.4. The van der Waals surface area contributed by atoms with Crippen molar-refractivity contribution in [3.63, 3.8) is 0 Å². The molecule has 2 aromatic carbocycles. The zero-order chi connectivity index (χ0) is 29.9. The maximum atomic E-state index is 15.8. The highest BCUT2D eigenvalue weighted by molar-refractivity contribution is 5.99. The van der Waals surface area contributed by atoms with Gasteiger partial charge >= 0.3 is 0 Å². The van der Waals surface area contributed by atoms with E-state index in [-0.39, 0.29) is 42.8 Å². The second-order valence-corrected chi connectivity index (χ2v) is 11.7. The largest absolute Gasteiger partial charge is 0.474 e. The smallest absolute Gasteiger partial charge is 0.283 e. The fourth-order valence-electron chi connectivity index (χ4n) is 5.66. The van der Waals surface area contributed by atoms with E-state index in [1.54, 1.807) is 11.0 Å². The van der Waals surface area contributed by atoms with Gasteiger partial charge in [-0.2, -0.15) is 0 Å². The Morgan fingerprint density at radius 1 is 1.12 bits per heavy atom. The van der Waals surface area contributed by atoms with E-state index in [0.717, 1.165) is 12.1 Å². The van der Waals surface area contributed by atoms with Crippen LogP contribution in [0.1, 0.15) is 54.0 Å². The van der Waals surface area contributed by atoms with E-state index in [9.17, 15) is 23.1 Å². The summed E-state index contributed by atoms with van der Waals surface area (Å²) in [6.07, 6.45) is 0.221. The molecule has 0 aliphatic carbocycles. The Labute approximate surface area is 234 Å². The molecule has 0 radical (unpaired) electrons. The monoisotopic (exact) mass is 577 g/mol. The van der Waals surface area contributed by atoms with Gasteiger partial charge in [0.2, 0.25) is 0 Å². The summed E-state index contributed by atoms with van der Waals surface area (Å²) in [5.41, 5.74) is -0.322. The number of para-hydroxylation sites is 1. The van der Waals surface area contributed by atoms with Crippen LogP contribution in [0.5, 0.6) is 0 Å². The molecule has 0 spiro atoms. The van der Waals surface area contributed by atoms with Gasteiger partial charge in [-0.3, -0.25) is 9.69 Å². The van der Waals surface area contributed by atoms with Gasteiger partial charge in [-0.25, -0.2) is 22.0 Å². The van der Waals surface area contributed by atoms with E-state index in [4.69, 9.17) is 4.74 Å². The van der Waals surface area contributed by atoms with E-state index < -0.39 is 65.4 Å². The number of carbonyl (C=O) groups is 1. The Hall–Kier alpha value is -3.44. The van der Waals surface area contributed by atoms with E-state index in [1.165, 1.54) is 17.0 Å². The highest BCUT2D eigenvalue weighted by Crippen LogP contribution is 2.42. The second kappa shape index (κ2) is 10.4. The number of nitrogens with zero attached hydrogens (tertiary/aromatic N) is 2. The Balaban J connectivity index is 1.48. The van der Waals surface area contributed by atoms with Crippen LogP contribution >= 0.6 is 0 Å². The van der Waals surface area contributed by atoms with Crippen molar-refractivity contribution in [2.45, 2.75) is 44.8 Å². The SMILES string of the molecule is C=C(OC(C)(C)C)N1CC(C(=O)c2cc(F)c(C3c4[nH]c5c(F)cccc5c4CCN3CC(F)(F)CO)c(F)c2)C1. The summed E-state index contributed by atoms with van der Waals surface area (Å²) in [6, 6.07) is 4.85. The number of nitrogens with one attached hydrogen (secondary N) is 1. The van der Waals surface area contributed by atoms with Crippen molar-refractivity contribution in [3.8, 4) is 0 Å². The molecule has 1 aromatic heterocycles. The summed E-state index contributed by atoms with van der Waals surface area (Å²) in [6.45, 7) is 7.55. The molecule has 2 N–H and O–H groups in total. The molecule has 220 valence electrons. The van der Waals surface area contributed by atoms with E-state index >= 15 is 8.78 Å². The number of ketones is 1. The number of hydrogen-bond acceptors (Lipinski definition) is 5. The molecule has 5 rings (SSSR count). The Morgan fingerprint density at radius 3 is 2.39 bits per heavy atom. The first-order valence-corrected chi connectivity index (χ1v) is 13.4. The minimum atomic E-state index is -3.55. The van der Waals surface area contributed by atoms with Crippen molar-refractivity contribution in [1.29, 1.82) is 0 Å². The number of halogens is 5. The van der Waals surface area contributed by atoms with Gasteiger partial charge in [-0.05, 0) is 57.5 Å². The number of fused-ring (bicyclic) bond motifs is 3. The number of ether oxygens (including phenoxy) is 1. The molecule has 2 aliphatic heterocycles. The van der Waals surface area contributed by atoms with Gasteiger partial charge in [0.1, 0.15) is 29.7 Å². The van der Waals surface area contributed by atoms with Gasteiger partial charge in [-0.1, -0.05) is 12.1 Å². The van der Waals surface area contributed by atoms with Gasteiger partial charge in [0, 0.05) is 41.8 Å². The third-order valence-electron chi connectivity index (χ3n) is 7.54. The Morgan fingerprint density at radius 2 is 1.78 bits per heavy atom. The first-order valence-electron chi connectivity index (χ1n) is 13.4. The molecular formula is C30H32F5N3O3. The quantitative estimate of drug-likeness (QED) is 0.209. The lowest BCUT2D eigenvalue weighted by Crippen LogP contribution is -2.50. The average Bonchev–Trinajstić information content (AvgIpc) is 3.22. The van der Waals surface area contributed by atoms with Crippen LogP contribution in [0.3, 0.4) is 0 Å². The van der Waals surface area contributed by atoms with Crippen molar-refractivity contribution in [3.05, 3.63) is 82.6 Å². The van der Waals surface area contributed by atoms with Crippen LogP contribution in [-0.2, 0) is 11.2 Å². The van der Waals surface area contributed by atoms with Crippen LogP contribution in [0.25, 0.3) is 10.9 Å². The lowest BCUT2D eigenvalue weighted by atomic mass is 9.87. The molecule has 3 aromatic rings. The van der Waals surface area contributed by atoms with Crippen LogP contribution in [0.15, 0.2) is 42.8 Å². The van der Waals surface area contributed by atoms with Gasteiger partial charge in [0.15, 0.2) is 11.7 Å². The fourth-order valence-corrected chi connectivity index (χ4v) is 5.66. The standard InChI is InChI=1S/C30H32F5N3O3/c1-16(41-29(2,3)4)38-12-18(13-38)28(40)17-10-22(32)24(23(33)11-17)27-26-20(8-9-37(27)14-30(34,35)15-39)19-6-5-7-21(31)25(19)36-26/h5-7,10-11,18,27,36,39H,1,8-9,12-15H2,2-4H3. The van der Waals surface area contributed by atoms with Gasteiger partial charge < -0.3 is 19.7 Å². The maximum Gasteiger partial charge on any atom is 0.283 e. The number of aliphatic hydroxyl groups excluding tert-OH is 1. The topological polar surface area (TPSA) is 68.8 Å². The summed E-state index contributed by atoms with van der Waals surface area (Å²) in [7, 11) is 0. The predicted molar refractivity (Wildman–Crippen MR) is 143 cm³/mol. The first kappa shape index (κ1) is 29.1. The van der Waals surface area contributed by atoms with Crippen molar-refractivity contribution in [2.24, 2.45) is 5.92 Å². The highest BCUT2D eigenvalue weighted by Gasteiger charge is 2.42. The molecule has 41 heavy (non-hydrogen) atoms. The molecule has 11 heteroatoms. The zero-order valence-electron chi connectivity index (χ0n) is 23.0. The van der Waals surface area contributed by atoms with Crippen LogP contribution in [0, 0.1) is 23.4 Å². The van der Waals surface area contributed by atoms with Crippen molar-refractivity contribution < 1.29 is 36.6 Å². The van der Waals surface area contributed by atoms with Gasteiger partial charge in [-0.15, -0.1) is 0 Å². The number of Topliss-reactive ketones (excluding diaryl/α,β-unsaturated/α-hetero) is 1. The van der Waals surface area contributed by atoms with E-state index in [1.807, 2.05) is 20.8 Å². The Kier molecular flexibility index (Phi) is 7.40. The molecular weight excluding hydrogens is 545 g/mol. The average molecular weight is 578 g/mol. The van der Waals surface area contributed by atoms with E-state index in [2.05, 4.69) is 11.6 Å². The number of aliphatic hydroxyl groups is 1. The highest BCUT2D eigenvalue weighted by atomic mass is 19.3. The summed E-state index contributed by atoms with van der Waals surface area (Å²) in [5.74, 6) is -6.90. The molecule has 0 saturated carbocycles. The molecule has 6 nitrogen and oxygen atoms in total. The molecule has 1 fully saturated rings. The zero-order valence-corrected chi connectivity index (χ0v) is 23.0. The number of hydrogen-bond donors (Lipinski definition) is 2. The number of likely N-dealkylation sites (tertiary alicyclic amines) is 1. The number of alkyl halides is 2. The molecule has 0 bridgehead atoms. The van der Waals surface area contributed by atoms with Crippen LogP contribution < -0.4 is 0 Å². The number of aromatic nitrogens is 1. The predicted octanol–water partition coefficient (Wildman–Crippen LogP) is 5.56. The van der Waals surface area contributed by atoms with Crippen molar-refractivity contribution >= 4 is 16.7 Å². The summed E-state index contributed by atoms with van der Waals surface area (Å²) >= 11 is 0. The molecule has 0 amide bonds. The summed E-state index contributed by atoms with van der Waals surface area (Å²) in [5, 5.41) is 9.68. The van der Waals surface area contributed by atoms with Gasteiger partial charge in [0.25, 0.3) is 5.92 Å². The number of H-pyrrole nitrogens is 1. The van der Waals surface area contributed by atoms with Crippen molar-refractivity contribution in [2.75, 3.05) is 32.8 Å². The molecule has 1 saturated heterocycles. The lowest BCUT2D eigenvalue weighted by molar-refractivity contribution is -0.0791. The minimum Gasteiger partial charge on any atom is -0.474 e. The second-order valence-electron chi connectivity index (χ2n) is 11.7. The third kappa shape index (κ3) is 5.57. The third-order valence-corrected chi connectivity index (χ3v) is 7.54. The minimum absolute atomic E-state index is 0.0191. The number of rotatable bonds is 8. The summed E-state index contributed by atoms with van der Waals surface area (Å²) < 4.78 is 80.5. The number of carbonyl (C=O) groups excluding carboxylic acids is 1. The van der Waals surface area contributed by atoms with Crippen molar-refractivity contribution in [1.82, 2.24) is 14.8 Å². The van der Waals surface area contributed by atoms with Crippen LogP contribution in [-0.4, -0.2) is 70.0 Å². The number of benzene rings is 2. The molecule has 2 aliphatic rings. The Bertz CT molecular complexity index is 1480. The van der Waals surface area contributed by atoms with E-state index in [0.29, 0.717) is 16.8 Å². The molecule has 3 heterocycles. The van der Waals surface area contributed by atoms with Crippen LogP contribution in [0.4, 0.5) is 22.0 Å². The summed E-state index contributed by atoms with van der Waals surface area (Å²) in [4.78, 5) is 18.9.